The molecule has 3 N–H and O–H groups in total. The molecule has 1 aromatic rings. The van der Waals surface area contributed by atoms with Crippen LogP contribution in [0.25, 0.3) is 0 Å². The minimum Gasteiger partial charge on any atom is -0.496 e. The zero-order chi connectivity index (χ0) is 13.1. The van der Waals surface area contributed by atoms with Gasteiger partial charge in [-0.05, 0) is 43.5 Å². The van der Waals surface area contributed by atoms with Crippen LogP contribution in [0.5, 0.6) is 5.75 Å². The highest BCUT2D eigenvalue weighted by molar-refractivity contribution is 5.93. The van der Waals surface area contributed by atoms with Crippen molar-refractivity contribution in [2.75, 3.05) is 12.4 Å². The maximum absolute atomic E-state index is 12.1. The maximum Gasteiger partial charge on any atom is 0.229 e. The van der Waals surface area contributed by atoms with Crippen molar-refractivity contribution < 1.29 is 9.53 Å². The van der Waals surface area contributed by atoms with E-state index in [1.165, 1.54) is 0 Å². The van der Waals surface area contributed by atoms with Gasteiger partial charge in [-0.15, -0.1) is 0 Å². The number of nitrogens with two attached hydrogens (primary N) is 1. The van der Waals surface area contributed by atoms with Gasteiger partial charge in [-0.2, -0.15) is 0 Å². The van der Waals surface area contributed by atoms with E-state index in [4.69, 9.17) is 10.5 Å². The van der Waals surface area contributed by atoms with Crippen molar-refractivity contribution in [3.05, 3.63) is 23.8 Å². The van der Waals surface area contributed by atoms with Crippen LogP contribution < -0.4 is 15.8 Å². The van der Waals surface area contributed by atoms with Gasteiger partial charge in [0.25, 0.3) is 0 Å². The Bertz CT molecular complexity index is 445. The van der Waals surface area contributed by atoms with Crippen LogP contribution in [0.3, 0.4) is 0 Å². The lowest BCUT2D eigenvalue weighted by Crippen LogP contribution is -2.34. The molecule has 0 heterocycles. The van der Waals surface area contributed by atoms with E-state index in [2.05, 4.69) is 5.32 Å². The highest BCUT2D eigenvalue weighted by Crippen LogP contribution is 2.26. The molecular formula is C14H20N2O2. The molecule has 1 aliphatic rings. The Labute approximate surface area is 108 Å². The van der Waals surface area contributed by atoms with Crippen molar-refractivity contribution >= 4 is 11.6 Å². The van der Waals surface area contributed by atoms with Gasteiger partial charge in [0.05, 0.1) is 13.0 Å². The number of rotatable bonds is 3. The molecule has 0 spiro atoms. The van der Waals surface area contributed by atoms with Crippen molar-refractivity contribution in [1.29, 1.82) is 0 Å². The second-order valence-corrected chi connectivity index (χ2v) is 4.87. The molecule has 2 rings (SSSR count). The Morgan fingerprint density at radius 2 is 2.22 bits per heavy atom. The molecule has 1 aromatic carbocycles. The fourth-order valence-corrected chi connectivity index (χ4v) is 2.51. The minimum absolute atomic E-state index is 0.00402. The standard InChI is InChI=1S/C14H20N2O2/c1-9-8-10(6-7-13(9)18-2)16-14(17)11-4-3-5-12(11)15/h6-8,11-12H,3-5,15H2,1-2H3,(H,16,17). The van der Waals surface area contributed by atoms with Crippen LogP contribution in [-0.4, -0.2) is 19.1 Å². The molecule has 98 valence electrons. The number of hydrogen-bond acceptors (Lipinski definition) is 3. The number of carbonyl (C=O) groups is 1. The van der Waals surface area contributed by atoms with Crippen molar-refractivity contribution in [3.63, 3.8) is 0 Å². The van der Waals surface area contributed by atoms with Gasteiger partial charge in [0.15, 0.2) is 0 Å². The predicted molar refractivity (Wildman–Crippen MR) is 71.7 cm³/mol. The molecule has 0 radical (unpaired) electrons. The van der Waals surface area contributed by atoms with Crippen LogP contribution >= 0.6 is 0 Å². The first-order chi connectivity index (χ1) is 8.61. The summed E-state index contributed by atoms with van der Waals surface area (Å²) in [6, 6.07) is 5.63. The Balaban J connectivity index is 2.05. The van der Waals surface area contributed by atoms with E-state index in [-0.39, 0.29) is 17.9 Å². The Kier molecular flexibility index (Phi) is 3.87. The van der Waals surface area contributed by atoms with E-state index in [0.29, 0.717) is 0 Å². The number of ether oxygens (including phenoxy) is 1. The molecule has 0 saturated heterocycles. The third-order valence-corrected chi connectivity index (χ3v) is 3.57. The number of methoxy groups -OCH3 is 1. The van der Waals surface area contributed by atoms with E-state index < -0.39 is 0 Å². The van der Waals surface area contributed by atoms with Gasteiger partial charge in [0, 0.05) is 11.7 Å². The van der Waals surface area contributed by atoms with Crippen LogP contribution in [0.15, 0.2) is 18.2 Å². The first-order valence-electron chi connectivity index (χ1n) is 6.33. The van der Waals surface area contributed by atoms with E-state index in [1.54, 1.807) is 7.11 Å². The molecule has 4 heteroatoms. The molecule has 2 atom stereocenters. The van der Waals surface area contributed by atoms with E-state index in [0.717, 1.165) is 36.3 Å². The molecule has 2 unspecified atom stereocenters. The fourth-order valence-electron chi connectivity index (χ4n) is 2.51. The van der Waals surface area contributed by atoms with Gasteiger partial charge in [-0.3, -0.25) is 4.79 Å². The van der Waals surface area contributed by atoms with E-state index in [1.807, 2.05) is 25.1 Å². The maximum atomic E-state index is 12.1. The van der Waals surface area contributed by atoms with Crippen LogP contribution in [0.4, 0.5) is 5.69 Å². The van der Waals surface area contributed by atoms with Gasteiger partial charge < -0.3 is 15.8 Å². The highest BCUT2D eigenvalue weighted by Gasteiger charge is 2.30. The summed E-state index contributed by atoms with van der Waals surface area (Å²) in [7, 11) is 1.64. The Morgan fingerprint density at radius 1 is 1.44 bits per heavy atom. The van der Waals surface area contributed by atoms with Gasteiger partial charge in [-0.1, -0.05) is 6.42 Å². The van der Waals surface area contributed by atoms with Crippen molar-refractivity contribution in [3.8, 4) is 5.75 Å². The molecule has 1 aliphatic carbocycles. The lowest BCUT2D eigenvalue weighted by molar-refractivity contribution is -0.120. The number of hydrogen-bond donors (Lipinski definition) is 2. The lowest BCUT2D eigenvalue weighted by atomic mass is 10.0. The average molecular weight is 248 g/mol. The number of carbonyl (C=O) groups excluding carboxylic acids is 1. The third-order valence-electron chi connectivity index (χ3n) is 3.57. The van der Waals surface area contributed by atoms with Gasteiger partial charge in [0.1, 0.15) is 5.75 Å². The van der Waals surface area contributed by atoms with Crippen LogP contribution in [0.2, 0.25) is 0 Å². The molecule has 0 aliphatic heterocycles. The molecule has 1 amide bonds. The van der Waals surface area contributed by atoms with Crippen LogP contribution in [0, 0.1) is 12.8 Å². The summed E-state index contributed by atoms with van der Waals surface area (Å²) >= 11 is 0. The van der Waals surface area contributed by atoms with Crippen molar-refractivity contribution in [1.82, 2.24) is 0 Å². The summed E-state index contributed by atoms with van der Waals surface area (Å²) in [5.41, 5.74) is 7.74. The lowest BCUT2D eigenvalue weighted by Gasteiger charge is -2.15. The summed E-state index contributed by atoms with van der Waals surface area (Å²) in [6.45, 7) is 1.95. The molecule has 1 saturated carbocycles. The second kappa shape index (κ2) is 5.40. The van der Waals surface area contributed by atoms with Crippen LogP contribution in [-0.2, 0) is 4.79 Å². The quantitative estimate of drug-likeness (QED) is 0.860. The number of benzene rings is 1. The zero-order valence-electron chi connectivity index (χ0n) is 10.9. The first kappa shape index (κ1) is 12.9. The summed E-state index contributed by atoms with van der Waals surface area (Å²) in [6.07, 6.45) is 2.88. The molecule has 4 nitrogen and oxygen atoms in total. The van der Waals surface area contributed by atoms with Crippen LogP contribution in [0.1, 0.15) is 24.8 Å². The molecule has 0 aromatic heterocycles. The first-order valence-corrected chi connectivity index (χ1v) is 6.33. The minimum atomic E-state index is -0.0487. The summed E-state index contributed by atoms with van der Waals surface area (Å²) in [5, 5.41) is 2.93. The van der Waals surface area contributed by atoms with Gasteiger partial charge in [0.2, 0.25) is 5.91 Å². The number of amides is 1. The smallest absolute Gasteiger partial charge is 0.229 e. The summed E-state index contributed by atoms with van der Waals surface area (Å²) in [4.78, 5) is 12.1. The molecule has 18 heavy (non-hydrogen) atoms. The van der Waals surface area contributed by atoms with Crippen molar-refractivity contribution in [2.45, 2.75) is 32.2 Å². The third kappa shape index (κ3) is 2.64. The monoisotopic (exact) mass is 248 g/mol. The zero-order valence-corrected chi connectivity index (χ0v) is 10.9. The van der Waals surface area contributed by atoms with Gasteiger partial charge >= 0.3 is 0 Å². The Hall–Kier alpha value is -1.55. The van der Waals surface area contributed by atoms with Gasteiger partial charge in [-0.25, -0.2) is 0 Å². The number of nitrogens with one attached hydrogen (secondary N) is 1. The average Bonchev–Trinajstić information content (AvgIpc) is 2.76. The number of aryl methyl sites for hydroxylation is 1. The summed E-state index contributed by atoms with van der Waals surface area (Å²) < 4.78 is 5.19. The molecule has 0 bridgehead atoms. The number of anilines is 1. The second-order valence-electron chi connectivity index (χ2n) is 4.87. The Morgan fingerprint density at radius 3 is 2.78 bits per heavy atom. The van der Waals surface area contributed by atoms with Crippen molar-refractivity contribution in [2.24, 2.45) is 11.7 Å². The SMILES string of the molecule is COc1ccc(NC(=O)C2CCCC2N)cc1C. The topological polar surface area (TPSA) is 64.3 Å². The largest absolute Gasteiger partial charge is 0.496 e. The molecule has 1 fully saturated rings. The van der Waals surface area contributed by atoms with E-state index >= 15 is 0 Å². The predicted octanol–water partition coefficient (Wildman–Crippen LogP) is 2.07. The normalized spacial score (nSPS) is 22.8. The fraction of sp³-hybridized carbons (Fsp3) is 0.500. The van der Waals surface area contributed by atoms with E-state index in [9.17, 15) is 4.79 Å². The highest BCUT2D eigenvalue weighted by atomic mass is 16.5. The summed E-state index contributed by atoms with van der Waals surface area (Å²) in [5.74, 6) is 0.808. The molecular weight excluding hydrogens is 228 g/mol.